The third-order valence-corrected chi connectivity index (χ3v) is 4.63. The summed E-state index contributed by atoms with van der Waals surface area (Å²) in [6.45, 7) is 0. The number of oxazole rings is 1. The average Bonchev–Trinajstić information content (AvgIpc) is 3.13. The van der Waals surface area contributed by atoms with Crippen LogP contribution < -0.4 is 10.6 Å². The second kappa shape index (κ2) is 7.76. The first-order valence-corrected chi connectivity index (χ1v) is 9.35. The number of halogens is 1. The lowest BCUT2D eigenvalue weighted by Gasteiger charge is -2.08. The van der Waals surface area contributed by atoms with Gasteiger partial charge in [-0.25, -0.2) is 14.6 Å². The minimum absolute atomic E-state index is 0.125. The maximum Gasteiger partial charge on any atom is 0.335 e. The van der Waals surface area contributed by atoms with Gasteiger partial charge in [-0.3, -0.25) is 0 Å². The Morgan fingerprint density at radius 1 is 0.931 bits per heavy atom. The number of nitrogens with one attached hydrogen (secondary N) is 2. The molecule has 0 saturated carbocycles. The average molecular weight is 452 g/mol. The molecule has 144 valence electrons. The molecule has 0 aliphatic heterocycles. The molecule has 7 nitrogen and oxygen atoms in total. The molecule has 2 amide bonds. The number of carbonyl (C=O) groups excluding carboxylic acids is 1. The zero-order valence-corrected chi connectivity index (χ0v) is 16.4. The van der Waals surface area contributed by atoms with E-state index in [-0.39, 0.29) is 11.6 Å². The van der Waals surface area contributed by atoms with Crippen molar-refractivity contribution in [1.29, 1.82) is 0 Å². The summed E-state index contributed by atoms with van der Waals surface area (Å²) < 4.78 is 6.63. The lowest BCUT2D eigenvalue weighted by atomic mass is 10.2. The van der Waals surface area contributed by atoms with Crippen LogP contribution in [0.4, 0.5) is 16.2 Å². The van der Waals surface area contributed by atoms with Crippen LogP contribution in [0.15, 0.2) is 75.6 Å². The molecule has 0 spiro atoms. The second-order valence-electron chi connectivity index (χ2n) is 6.17. The van der Waals surface area contributed by atoms with E-state index in [9.17, 15) is 9.59 Å². The summed E-state index contributed by atoms with van der Waals surface area (Å²) in [5.41, 5.74) is 2.93. The Morgan fingerprint density at radius 3 is 2.45 bits per heavy atom. The van der Waals surface area contributed by atoms with E-state index >= 15 is 0 Å². The molecule has 1 heterocycles. The number of benzene rings is 3. The van der Waals surface area contributed by atoms with E-state index < -0.39 is 5.97 Å². The van der Waals surface area contributed by atoms with E-state index in [0.29, 0.717) is 33.9 Å². The first kappa shape index (κ1) is 18.7. The van der Waals surface area contributed by atoms with Crippen LogP contribution in [0, 0.1) is 0 Å². The van der Waals surface area contributed by atoms with E-state index in [2.05, 4.69) is 31.5 Å². The van der Waals surface area contributed by atoms with Gasteiger partial charge in [0.2, 0.25) is 5.89 Å². The number of nitrogens with zero attached hydrogens (tertiary/aromatic N) is 1. The number of carbonyl (C=O) groups is 2. The van der Waals surface area contributed by atoms with Crippen molar-refractivity contribution in [1.82, 2.24) is 4.98 Å². The first-order chi connectivity index (χ1) is 14.0. The normalized spacial score (nSPS) is 10.7. The maximum absolute atomic E-state index is 12.2. The molecule has 0 unspecified atom stereocenters. The Balaban J connectivity index is 1.53. The van der Waals surface area contributed by atoms with Crippen LogP contribution in [0.5, 0.6) is 0 Å². The molecule has 1 aromatic heterocycles. The summed E-state index contributed by atoms with van der Waals surface area (Å²) in [6.07, 6.45) is 0. The molecule has 8 heteroatoms. The molecular weight excluding hydrogens is 438 g/mol. The van der Waals surface area contributed by atoms with Gasteiger partial charge in [-0.2, -0.15) is 0 Å². The second-order valence-corrected chi connectivity index (χ2v) is 7.09. The van der Waals surface area contributed by atoms with E-state index in [1.54, 1.807) is 42.5 Å². The number of rotatable bonds is 4. The summed E-state index contributed by atoms with van der Waals surface area (Å²) in [5.74, 6) is -0.702. The highest BCUT2D eigenvalue weighted by atomic mass is 79.9. The smallest absolute Gasteiger partial charge is 0.335 e. The van der Waals surface area contributed by atoms with Gasteiger partial charge in [-0.15, -0.1) is 0 Å². The molecule has 3 N–H and O–H groups in total. The van der Waals surface area contributed by atoms with Crippen LogP contribution in [-0.4, -0.2) is 22.1 Å². The fourth-order valence-electron chi connectivity index (χ4n) is 2.74. The molecule has 29 heavy (non-hydrogen) atoms. The number of carboxylic acids is 1. The zero-order valence-electron chi connectivity index (χ0n) is 14.8. The van der Waals surface area contributed by atoms with E-state index in [4.69, 9.17) is 9.52 Å². The predicted octanol–water partition coefficient (Wildman–Crippen LogP) is 5.60. The number of urea groups is 1. The van der Waals surface area contributed by atoms with Crippen LogP contribution in [0.3, 0.4) is 0 Å². The Bertz CT molecular complexity index is 1220. The van der Waals surface area contributed by atoms with Crippen molar-refractivity contribution < 1.29 is 19.1 Å². The molecule has 0 radical (unpaired) electrons. The van der Waals surface area contributed by atoms with Gasteiger partial charge in [0.05, 0.1) is 5.56 Å². The standard InChI is InChI=1S/C21H14BrN3O4/c22-14-5-7-15(8-6-14)23-21(28)24-16-3-1-2-12(10-16)19-25-17-9-4-13(20(26)27)11-18(17)29-19/h1-11H,(H,26,27)(H2,23,24,28). The maximum atomic E-state index is 12.2. The number of hydrogen-bond donors (Lipinski definition) is 3. The van der Waals surface area contributed by atoms with Crippen molar-refractivity contribution in [3.63, 3.8) is 0 Å². The highest BCUT2D eigenvalue weighted by molar-refractivity contribution is 9.10. The molecule has 4 aromatic rings. The van der Waals surface area contributed by atoms with Crippen molar-refractivity contribution in [2.45, 2.75) is 0 Å². The SMILES string of the molecule is O=C(Nc1ccc(Br)cc1)Nc1cccc(-c2nc3ccc(C(=O)O)cc3o2)c1. The van der Waals surface area contributed by atoms with Crippen molar-refractivity contribution in [3.8, 4) is 11.5 Å². The van der Waals surface area contributed by atoms with Crippen LogP contribution in [-0.2, 0) is 0 Å². The van der Waals surface area contributed by atoms with E-state index in [1.807, 2.05) is 12.1 Å². The van der Waals surface area contributed by atoms with Crippen LogP contribution in [0.25, 0.3) is 22.6 Å². The van der Waals surface area contributed by atoms with Crippen molar-refractivity contribution in [2.24, 2.45) is 0 Å². The van der Waals surface area contributed by atoms with Gasteiger partial charge in [0.1, 0.15) is 5.52 Å². The lowest BCUT2D eigenvalue weighted by molar-refractivity contribution is 0.0697. The quantitative estimate of drug-likeness (QED) is 0.374. The molecule has 0 aliphatic carbocycles. The zero-order chi connectivity index (χ0) is 20.4. The number of anilines is 2. The predicted molar refractivity (Wildman–Crippen MR) is 113 cm³/mol. The minimum atomic E-state index is -1.03. The molecule has 0 aliphatic rings. The number of fused-ring (bicyclic) bond motifs is 1. The summed E-state index contributed by atoms with van der Waals surface area (Å²) >= 11 is 3.35. The summed E-state index contributed by atoms with van der Waals surface area (Å²) in [5, 5.41) is 14.6. The molecule has 0 atom stereocenters. The molecular formula is C21H14BrN3O4. The van der Waals surface area contributed by atoms with E-state index in [1.165, 1.54) is 12.1 Å². The fraction of sp³-hybridized carbons (Fsp3) is 0. The third kappa shape index (κ3) is 4.27. The molecule has 0 bridgehead atoms. The van der Waals surface area contributed by atoms with Crippen LogP contribution in [0.2, 0.25) is 0 Å². The Morgan fingerprint density at radius 2 is 1.69 bits per heavy atom. The topological polar surface area (TPSA) is 104 Å². The Labute approximate surface area is 173 Å². The Hall–Kier alpha value is -3.65. The number of amides is 2. The monoisotopic (exact) mass is 451 g/mol. The van der Waals surface area contributed by atoms with Crippen molar-refractivity contribution in [2.75, 3.05) is 10.6 Å². The van der Waals surface area contributed by atoms with Gasteiger partial charge >= 0.3 is 12.0 Å². The van der Waals surface area contributed by atoms with Gasteiger partial charge in [-0.05, 0) is 60.7 Å². The fourth-order valence-corrected chi connectivity index (χ4v) is 3.00. The highest BCUT2D eigenvalue weighted by Gasteiger charge is 2.12. The molecule has 3 aromatic carbocycles. The van der Waals surface area contributed by atoms with Gasteiger partial charge in [0.25, 0.3) is 0 Å². The molecule has 0 saturated heterocycles. The number of hydrogen-bond acceptors (Lipinski definition) is 4. The van der Waals surface area contributed by atoms with Crippen molar-refractivity contribution in [3.05, 3.63) is 76.8 Å². The minimum Gasteiger partial charge on any atom is -0.478 e. The van der Waals surface area contributed by atoms with Gasteiger partial charge in [0.15, 0.2) is 5.58 Å². The largest absolute Gasteiger partial charge is 0.478 e. The van der Waals surface area contributed by atoms with Gasteiger partial charge in [0, 0.05) is 21.4 Å². The van der Waals surface area contributed by atoms with E-state index in [0.717, 1.165) is 4.47 Å². The summed E-state index contributed by atoms with van der Waals surface area (Å²) in [7, 11) is 0. The number of aromatic nitrogens is 1. The summed E-state index contributed by atoms with van der Waals surface area (Å²) in [4.78, 5) is 27.7. The number of aromatic carboxylic acids is 1. The number of carboxylic acid groups (broad SMARTS) is 1. The highest BCUT2D eigenvalue weighted by Crippen LogP contribution is 2.27. The Kier molecular flexibility index (Phi) is 5.01. The van der Waals surface area contributed by atoms with Crippen molar-refractivity contribution >= 4 is 50.4 Å². The van der Waals surface area contributed by atoms with Crippen LogP contribution >= 0.6 is 15.9 Å². The lowest BCUT2D eigenvalue weighted by Crippen LogP contribution is -2.19. The third-order valence-electron chi connectivity index (χ3n) is 4.10. The molecule has 0 fully saturated rings. The van der Waals surface area contributed by atoms with Crippen LogP contribution in [0.1, 0.15) is 10.4 Å². The van der Waals surface area contributed by atoms with Gasteiger partial charge < -0.3 is 20.2 Å². The first-order valence-electron chi connectivity index (χ1n) is 8.56. The van der Waals surface area contributed by atoms with Gasteiger partial charge in [-0.1, -0.05) is 22.0 Å². The summed E-state index contributed by atoms with van der Waals surface area (Å²) in [6, 6.07) is 18.4. The molecule has 4 rings (SSSR count).